The van der Waals surface area contributed by atoms with Crippen LogP contribution in [0.25, 0.3) is 0 Å². The van der Waals surface area contributed by atoms with Crippen molar-refractivity contribution in [3.05, 3.63) is 41.2 Å². The third-order valence-electron chi connectivity index (χ3n) is 2.07. The van der Waals surface area contributed by atoms with Gasteiger partial charge in [0, 0.05) is 6.08 Å². The van der Waals surface area contributed by atoms with Gasteiger partial charge in [0.1, 0.15) is 0 Å². The zero-order valence-electron chi connectivity index (χ0n) is 9.16. The van der Waals surface area contributed by atoms with E-state index < -0.39 is 11.8 Å². The predicted octanol–water partition coefficient (Wildman–Crippen LogP) is 2.41. The summed E-state index contributed by atoms with van der Waals surface area (Å²) in [6.45, 7) is 1.69. The predicted molar refractivity (Wildman–Crippen MR) is 58.0 cm³/mol. The second-order valence-electron chi connectivity index (χ2n) is 3.47. The van der Waals surface area contributed by atoms with Gasteiger partial charge in [0.15, 0.2) is 11.6 Å². The number of carboxylic acid groups (broad SMARTS) is 1. The van der Waals surface area contributed by atoms with Crippen molar-refractivity contribution in [2.75, 3.05) is 7.11 Å². The van der Waals surface area contributed by atoms with E-state index in [-0.39, 0.29) is 5.75 Å². The summed E-state index contributed by atoms with van der Waals surface area (Å²) in [5, 5.41) is 8.53. The highest BCUT2D eigenvalue weighted by molar-refractivity contribution is 5.80. The number of methoxy groups -OCH3 is 1. The number of halogens is 1. The lowest BCUT2D eigenvalue weighted by molar-refractivity contribution is -0.131. The normalized spacial score (nSPS) is 11.3. The second kappa shape index (κ2) is 5.30. The van der Waals surface area contributed by atoms with Gasteiger partial charge in [0.25, 0.3) is 0 Å². The Morgan fingerprint density at radius 1 is 1.56 bits per heavy atom. The zero-order chi connectivity index (χ0) is 12.1. The molecule has 3 nitrogen and oxygen atoms in total. The van der Waals surface area contributed by atoms with Crippen molar-refractivity contribution < 1.29 is 19.0 Å². The Morgan fingerprint density at radius 2 is 2.25 bits per heavy atom. The van der Waals surface area contributed by atoms with Gasteiger partial charge in [-0.3, -0.25) is 0 Å². The van der Waals surface area contributed by atoms with Crippen LogP contribution in [0.4, 0.5) is 4.39 Å². The lowest BCUT2D eigenvalue weighted by Gasteiger charge is -2.05. The number of allylic oxidation sites excluding steroid dienone is 1. The highest BCUT2D eigenvalue weighted by Gasteiger charge is 2.04. The van der Waals surface area contributed by atoms with Crippen LogP contribution in [0.5, 0.6) is 5.75 Å². The molecule has 1 rings (SSSR count). The van der Waals surface area contributed by atoms with Crippen LogP contribution in [0.1, 0.15) is 12.5 Å². The van der Waals surface area contributed by atoms with E-state index in [1.54, 1.807) is 13.0 Å². The summed E-state index contributed by atoms with van der Waals surface area (Å²) in [6, 6.07) is 4.58. The van der Waals surface area contributed by atoms with Crippen LogP contribution in [0.2, 0.25) is 0 Å². The molecule has 1 N–H and O–H groups in total. The molecule has 4 heteroatoms. The maximum Gasteiger partial charge on any atom is 0.328 e. The van der Waals surface area contributed by atoms with Crippen LogP contribution >= 0.6 is 0 Å². The minimum Gasteiger partial charge on any atom is -0.494 e. The monoisotopic (exact) mass is 224 g/mol. The van der Waals surface area contributed by atoms with Crippen molar-refractivity contribution in [2.24, 2.45) is 0 Å². The number of carbonyl (C=O) groups is 1. The molecule has 0 atom stereocenters. The molecule has 1 aromatic carbocycles. The van der Waals surface area contributed by atoms with Gasteiger partial charge < -0.3 is 9.84 Å². The fraction of sp³-hybridized carbons (Fsp3) is 0.250. The molecule has 86 valence electrons. The number of hydrogen-bond donors (Lipinski definition) is 1. The van der Waals surface area contributed by atoms with E-state index >= 15 is 0 Å². The van der Waals surface area contributed by atoms with Crippen LogP contribution in [-0.4, -0.2) is 18.2 Å². The minimum atomic E-state index is -0.994. The van der Waals surface area contributed by atoms with E-state index in [4.69, 9.17) is 9.84 Å². The maximum atomic E-state index is 13.3. The SMILES string of the molecule is COc1ccc(C/C(C)=C/C(=O)O)cc1F. The van der Waals surface area contributed by atoms with E-state index in [0.29, 0.717) is 17.6 Å². The van der Waals surface area contributed by atoms with Crippen molar-refractivity contribution in [3.8, 4) is 5.75 Å². The molecule has 0 heterocycles. The lowest BCUT2D eigenvalue weighted by Crippen LogP contribution is -1.95. The van der Waals surface area contributed by atoms with E-state index in [0.717, 1.165) is 6.08 Å². The molecule has 0 radical (unpaired) electrons. The Bertz CT molecular complexity index is 424. The summed E-state index contributed by atoms with van der Waals surface area (Å²) in [5.41, 5.74) is 1.38. The fourth-order valence-corrected chi connectivity index (χ4v) is 1.40. The highest BCUT2D eigenvalue weighted by atomic mass is 19.1. The maximum absolute atomic E-state index is 13.3. The standard InChI is InChI=1S/C12H13FO3/c1-8(6-12(14)15)5-9-3-4-11(16-2)10(13)7-9/h3-4,6-7H,5H2,1-2H3,(H,14,15)/b8-6+. The summed E-state index contributed by atoms with van der Waals surface area (Å²) in [6.07, 6.45) is 1.52. The molecule has 1 aromatic rings. The topological polar surface area (TPSA) is 46.5 Å². The first kappa shape index (κ1) is 12.2. The van der Waals surface area contributed by atoms with Crippen LogP contribution in [0.3, 0.4) is 0 Å². The third-order valence-corrected chi connectivity index (χ3v) is 2.07. The zero-order valence-corrected chi connectivity index (χ0v) is 9.16. The summed E-state index contributed by atoms with van der Waals surface area (Å²) in [4.78, 5) is 10.4. The molecule has 0 aromatic heterocycles. The lowest BCUT2D eigenvalue weighted by atomic mass is 10.1. The van der Waals surface area contributed by atoms with Crippen molar-refractivity contribution >= 4 is 5.97 Å². The molecule has 0 amide bonds. The first-order chi connectivity index (χ1) is 7.52. The summed E-state index contributed by atoms with van der Waals surface area (Å²) in [5.74, 6) is -1.25. The van der Waals surface area contributed by atoms with Crippen molar-refractivity contribution in [3.63, 3.8) is 0 Å². The van der Waals surface area contributed by atoms with Gasteiger partial charge in [0.2, 0.25) is 0 Å². The Balaban J connectivity index is 2.83. The van der Waals surface area contributed by atoms with Crippen molar-refractivity contribution in [1.29, 1.82) is 0 Å². The molecule has 0 saturated carbocycles. The number of hydrogen-bond acceptors (Lipinski definition) is 2. The van der Waals surface area contributed by atoms with Gasteiger partial charge >= 0.3 is 5.97 Å². The smallest absolute Gasteiger partial charge is 0.328 e. The number of aliphatic carboxylic acids is 1. The van der Waals surface area contributed by atoms with E-state index in [1.165, 1.54) is 19.2 Å². The molecular formula is C12H13FO3. The largest absolute Gasteiger partial charge is 0.494 e. The van der Waals surface area contributed by atoms with Gasteiger partial charge in [-0.1, -0.05) is 11.6 Å². The Morgan fingerprint density at radius 3 is 2.75 bits per heavy atom. The second-order valence-corrected chi connectivity index (χ2v) is 3.47. The van der Waals surface area contributed by atoms with Gasteiger partial charge in [-0.2, -0.15) is 0 Å². The van der Waals surface area contributed by atoms with Crippen LogP contribution in [0, 0.1) is 5.82 Å². The number of rotatable bonds is 4. The molecule has 0 saturated heterocycles. The Kier molecular flexibility index (Phi) is 4.05. The fourth-order valence-electron chi connectivity index (χ4n) is 1.40. The van der Waals surface area contributed by atoms with Crippen LogP contribution < -0.4 is 4.74 Å². The van der Waals surface area contributed by atoms with E-state index in [1.807, 2.05) is 0 Å². The Labute approximate surface area is 93.2 Å². The van der Waals surface area contributed by atoms with Gasteiger partial charge in [-0.15, -0.1) is 0 Å². The molecule has 0 fully saturated rings. The van der Waals surface area contributed by atoms with Gasteiger partial charge in [-0.05, 0) is 31.0 Å². The molecular weight excluding hydrogens is 211 g/mol. The number of ether oxygens (including phenoxy) is 1. The van der Waals surface area contributed by atoms with Crippen LogP contribution in [0.15, 0.2) is 29.8 Å². The molecule has 0 unspecified atom stereocenters. The number of carboxylic acids is 1. The van der Waals surface area contributed by atoms with E-state index in [2.05, 4.69) is 0 Å². The van der Waals surface area contributed by atoms with Crippen molar-refractivity contribution in [2.45, 2.75) is 13.3 Å². The van der Waals surface area contributed by atoms with Gasteiger partial charge in [0.05, 0.1) is 7.11 Å². The molecule has 0 aliphatic carbocycles. The summed E-state index contributed by atoms with van der Waals surface area (Å²) < 4.78 is 18.1. The molecule has 0 aliphatic heterocycles. The summed E-state index contributed by atoms with van der Waals surface area (Å²) in [7, 11) is 1.40. The molecule has 0 spiro atoms. The first-order valence-corrected chi connectivity index (χ1v) is 4.75. The minimum absolute atomic E-state index is 0.184. The average molecular weight is 224 g/mol. The highest BCUT2D eigenvalue weighted by Crippen LogP contribution is 2.19. The Hall–Kier alpha value is -1.84. The molecule has 0 bridgehead atoms. The van der Waals surface area contributed by atoms with Crippen LogP contribution in [-0.2, 0) is 11.2 Å². The number of benzene rings is 1. The quantitative estimate of drug-likeness (QED) is 0.799. The third kappa shape index (κ3) is 3.38. The summed E-state index contributed by atoms with van der Waals surface area (Å²) >= 11 is 0. The molecule has 16 heavy (non-hydrogen) atoms. The van der Waals surface area contributed by atoms with Gasteiger partial charge in [-0.25, -0.2) is 9.18 Å². The first-order valence-electron chi connectivity index (χ1n) is 4.75. The van der Waals surface area contributed by atoms with Crippen molar-refractivity contribution in [1.82, 2.24) is 0 Å². The average Bonchev–Trinajstić information content (AvgIpc) is 2.16. The molecule has 0 aliphatic rings. The van der Waals surface area contributed by atoms with E-state index in [9.17, 15) is 9.18 Å².